The van der Waals surface area contributed by atoms with Crippen LogP contribution in [0.1, 0.15) is 12.5 Å². The summed E-state index contributed by atoms with van der Waals surface area (Å²) in [6, 6.07) is 20.8. The normalized spacial score (nSPS) is 11.0. The molecule has 0 saturated heterocycles. The fraction of sp³-hybridized carbons (Fsp3) is 0.0909. The van der Waals surface area contributed by atoms with E-state index in [1.807, 2.05) is 6.92 Å². The lowest BCUT2D eigenvalue weighted by Crippen LogP contribution is -2.14. The van der Waals surface area contributed by atoms with Gasteiger partial charge < -0.3 is 9.47 Å². The van der Waals surface area contributed by atoms with Crippen LogP contribution in [0.2, 0.25) is 0 Å². The van der Waals surface area contributed by atoms with Crippen molar-refractivity contribution in [1.29, 1.82) is 0 Å². The largest absolute Gasteiger partial charge is 0.494 e. The second-order valence-corrected chi connectivity index (χ2v) is 5.89. The van der Waals surface area contributed by atoms with Gasteiger partial charge in [0, 0.05) is 17.7 Å². The van der Waals surface area contributed by atoms with E-state index in [1.165, 1.54) is 30.3 Å². The van der Waals surface area contributed by atoms with Gasteiger partial charge in [0.15, 0.2) is 5.75 Å². The van der Waals surface area contributed by atoms with E-state index in [4.69, 9.17) is 9.47 Å². The first-order valence-corrected chi connectivity index (χ1v) is 8.90. The molecular weight excluding hydrogens is 372 g/mol. The van der Waals surface area contributed by atoms with Crippen LogP contribution in [-0.4, -0.2) is 17.4 Å². The van der Waals surface area contributed by atoms with Crippen LogP contribution in [0.3, 0.4) is 0 Å². The summed E-state index contributed by atoms with van der Waals surface area (Å²) < 4.78 is 11.2. The van der Waals surface area contributed by atoms with E-state index in [0.717, 1.165) is 0 Å². The van der Waals surface area contributed by atoms with Crippen molar-refractivity contribution < 1.29 is 14.4 Å². The highest BCUT2D eigenvalue weighted by Crippen LogP contribution is 2.21. The molecule has 0 N–H and O–H groups in total. The third-order valence-corrected chi connectivity index (χ3v) is 3.87. The van der Waals surface area contributed by atoms with Crippen LogP contribution in [0.5, 0.6) is 11.5 Å². The number of hydrogen-bond acceptors (Lipinski definition) is 6. The van der Waals surface area contributed by atoms with Gasteiger partial charge in [-0.15, -0.1) is 0 Å². The van der Waals surface area contributed by atoms with E-state index in [2.05, 4.69) is 4.99 Å². The topological polar surface area (TPSA) is 91.0 Å². The van der Waals surface area contributed by atoms with Crippen LogP contribution in [0.25, 0.3) is 0 Å². The molecule has 0 unspecified atom stereocenters. The molecule has 3 rings (SSSR count). The molecule has 0 aliphatic rings. The van der Waals surface area contributed by atoms with Gasteiger partial charge in [0.2, 0.25) is 11.3 Å². The van der Waals surface area contributed by atoms with Crippen LogP contribution in [0, 0.1) is 10.1 Å². The molecule has 0 saturated carbocycles. The molecule has 0 aliphatic carbocycles. The lowest BCUT2D eigenvalue weighted by molar-refractivity contribution is -0.384. The van der Waals surface area contributed by atoms with Crippen molar-refractivity contribution in [3.05, 3.63) is 105 Å². The van der Waals surface area contributed by atoms with E-state index in [-0.39, 0.29) is 22.8 Å². The summed E-state index contributed by atoms with van der Waals surface area (Å²) in [5.41, 5.74) is 0.714. The van der Waals surface area contributed by atoms with Gasteiger partial charge in [-0.3, -0.25) is 14.9 Å². The maximum atomic E-state index is 12.2. The SMILES string of the molecule is CCOc1ccc(N=C(Oc2cccccc2=O)c2ccc([N+](=O)[O-])cc2)cc1. The summed E-state index contributed by atoms with van der Waals surface area (Å²) in [6.07, 6.45) is 0. The minimum Gasteiger partial charge on any atom is -0.494 e. The van der Waals surface area contributed by atoms with Crippen molar-refractivity contribution in [2.75, 3.05) is 6.61 Å². The Bertz CT molecular complexity index is 1080. The van der Waals surface area contributed by atoms with Gasteiger partial charge in [-0.2, -0.15) is 0 Å². The molecule has 7 heteroatoms. The lowest BCUT2D eigenvalue weighted by atomic mass is 10.2. The number of ether oxygens (including phenoxy) is 2. The summed E-state index contributed by atoms with van der Waals surface area (Å²) >= 11 is 0. The third-order valence-electron chi connectivity index (χ3n) is 3.87. The first-order valence-electron chi connectivity index (χ1n) is 8.90. The highest BCUT2D eigenvalue weighted by Gasteiger charge is 2.12. The van der Waals surface area contributed by atoms with E-state index in [9.17, 15) is 14.9 Å². The molecule has 0 aromatic heterocycles. The monoisotopic (exact) mass is 390 g/mol. The first-order chi connectivity index (χ1) is 14.1. The van der Waals surface area contributed by atoms with Gasteiger partial charge in [0.1, 0.15) is 5.75 Å². The summed E-state index contributed by atoms with van der Waals surface area (Å²) in [5, 5.41) is 10.9. The summed E-state index contributed by atoms with van der Waals surface area (Å²) in [6.45, 7) is 2.45. The average molecular weight is 390 g/mol. The summed E-state index contributed by atoms with van der Waals surface area (Å²) in [5.74, 6) is 0.951. The number of hydrogen-bond donors (Lipinski definition) is 0. The Kier molecular flexibility index (Phi) is 6.32. The molecule has 29 heavy (non-hydrogen) atoms. The average Bonchev–Trinajstić information content (AvgIpc) is 2.93. The van der Waals surface area contributed by atoms with Crippen LogP contribution in [0.4, 0.5) is 11.4 Å². The van der Waals surface area contributed by atoms with Crippen LogP contribution >= 0.6 is 0 Å². The Balaban J connectivity index is 2.01. The van der Waals surface area contributed by atoms with E-state index < -0.39 is 4.92 Å². The highest BCUT2D eigenvalue weighted by atomic mass is 16.6. The quantitative estimate of drug-likeness (QED) is 0.267. The molecule has 146 valence electrons. The number of non-ortho nitro benzene ring substituents is 1. The number of aliphatic imine (C=N–C) groups is 1. The number of benzene rings is 2. The minimum absolute atomic E-state index is 0.0511. The van der Waals surface area contributed by atoms with Crippen molar-refractivity contribution in [3.8, 4) is 11.5 Å². The summed E-state index contributed by atoms with van der Waals surface area (Å²) in [4.78, 5) is 27.1. The molecule has 7 nitrogen and oxygen atoms in total. The maximum Gasteiger partial charge on any atom is 0.269 e. The van der Waals surface area contributed by atoms with Gasteiger partial charge in [-0.25, -0.2) is 4.99 Å². The fourth-order valence-corrected chi connectivity index (χ4v) is 2.48. The van der Waals surface area contributed by atoms with Crippen molar-refractivity contribution in [1.82, 2.24) is 0 Å². The van der Waals surface area contributed by atoms with Crippen molar-refractivity contribution in [2.24, 2.45) is 4.99 Å². The Morgan fingerprint density at radius 1 is 0.966 bits per heavy atom. The number of rotatable bonds is 6. The Morgan fingerprint density at radius 3 is 2.31 bits per heavy atom. The molecular formula is C22H18N2O5. The zero-order valence-electron chi connectivity index (χ0n) is 15.6. The predicted molar refractivity (Wildman–Crippen MR) is 110 cm³/mol. The number of nitro benzene ring substituents is 1. The second-order valence-electron chi connectivity index (χ2n) is 5.89. The van der Waals surface area contributed by atoms with Crippen LogP contribution < -0.4 is 14.9 Å². The molecule has 0 radical (unpaired) electrons. The number of nitrogens with zero attached hydrogens (tertiary/aromatic N) is 2. The molecule has 0 heterocycles. The van der Waals surface area contributed by atoms with Gasteiger partial charge in [-0.05, 0) is 55.5 Å². The molecule has 3 aromatic rings. The van der Waals surface area contributed by atoms with E-state index in [1.54, 1.807) is 48.5 Å². The lowest BCUT2D eigenvalue weighted by Gasteiger charge is -2.09. The predicted octanol–water partition coefficient (Wildman–Crippen LogP) is 4.51. The molecule has 0 atom stereocenters. The van der Waals surface area contributed by atoms with Gasteiger partial charge in [-0.1, -0.05) is 18.2 Å². The molecule has 0 aliphatic heterocycles. The van der Waals surface area contributed by atoms with Crippen molar-refractivity contribution >= 4 is 17.3 Å². The zero-order valence-corrected chi connectivity index (χ0v) is 15.6. The fourth-order valence-electron chi connectivity index (χ4n) is 2.48. The Morgan fingerprint density at radius 2 is 1.66 bits per heavy atom. The highest BCUT2D eigenvalue weighted by molar-refractivity contribution is 5.97. The van der Waals surface area contributed by atoms with Gasteiger partial charge in [0.05, 0.1) is 17.2 Å². The van der Waals surface area contributed by atoms with Gasteiger partial charge >= 0.3 is 0 Å². The van der Waals surface area contributed by atoms with Crippen molar-refractivity contribution in [3.63, 3.8) is 0 Å². The third kappa shape index (κ3) is 5.26. The smallest absolute Gasteiger partial charge is 0.269 e. The van der Waals surface area contributed by atoms with Crippen molar-refractivity contribution in [2.45, 2.75) is 6.92 Å². The molecule has 3 aromatic carbocycles. The standard InChI is InChI=1S/C22H18N2O5/c1-2-28-19-14-10-17(11-15-19)23-22(16-8-12-18(13-9-16)24(26)27)29-21-7-5-3-4-6-20(21)25/h3-15H,2H2,1H3. The minimum atomic E-state index is -0.485. The molecule has 0 bridgehead atoms. The molecule has 0 spiro atoms. The summed E-state index contributed by atoms with van der Waals surface area (Å²) in [7, 11) is 0. The zero-order chi connectivity index (χ0) is 20.6. The van der Waals surface area contributed by atoms with Gasteiger partial charge in [0.25, 0.3) is 5.69 Å². The molecule has 0 amide bonds. The second kappa shape index (κ2) is 9.27. The van der Waals surface area contributed by atoms with E-state index >= 15 is 0 Å². The van der Waals surface area contributed by atoms with Crippen LogP contribution in [0.15, 0.2) is 88.6 Å². The van der Waals surface area contributed by atoms with Crippen LogP contribution in [-0.2, 0) is 0 Å². The molecule has 0 fully saturated rings. The Labute approximate surface area is 167 Å². The first kappa shape index (κ1) is 19.8. The number of nitro groups is 1. The maximum absolute atomic E-state index is 12.2. The van der Waals surface area contributed by atoms with E-state index in [0.29, 0.717) is 23.6 Å². The Hall–Kier alpha value is -4.00.